The van der Waals surface area contributed by atoms with Gasteiger partial charge in [-0.3, -0.25) is 4.89 Å². The van der Waals surface area contributed by atoms with Crippen LogP contribution in [-0.4, -0.2) is 28.0 Å². The largest absolute Gasteiger partial charge is 0.584 e. The standard InChI is InChI=1S/C28H35O8P/c1-7-25(29)33-27(3,4)19-17-21-13-9-11-15-23(21)35-37(31,32)36-24-16-12-10-14-22(24)18-20-28(5,6)34-26(30)8-2/h7-16H,1-2,17-20H2,3-6H3,(H,31,32). The first-order valence-corrected chi connectivity index (χ1v) is 13.3. The summed E-state index contributed by atoms with van der Waals surface area (Å²) >= 11 is 0. The molecule has 200 valence electrons. The molecule has 2 rings (SSSR count). The van der Waals surface area contributed by atoms with Gasteiger partial charge in [-0.1, -0.05) is 49.6 Å². The second-order valence-electron chi connectivity index (χ2n) is 9.64. The summed E-state index contributed by atoms with van der Waals surface area (Å²) in [6.45, 7) is 13.9. The van der Waals surface area contributed by atoms with Gasteiger partial charge >= 0.3 is 19.8 Å². The van der Waals surface area contributed by atoms with Crippen LogP contribution in [0.3, 0.4) is 0 Å². The number of phosphoric ester groups is 1. The molecule has 0 amide bonds. The van der Waals surface area contributed by atoms with Gasteiger partial charge in [0.15, 0.2) is 0 Å². The number of carbonyl (C=O) groups excluding carboxylic acids is 2. The summed E-state index contributed by atoms with van der Waals surface area (Å²) in [7, 11) is -4.57. The maximum Gasteiger partial charge on any atom is 0.584 e. The van der Waals surface area contributed by atoms with E-state index in [4.69, 9.17) is 18.5 Å². The number of aryl methyl sites for hydroxylation is 2. The quantitative estimate of drug-likeness (QED) is 0.177. The molecule has 0 aliphatic rings. The van der Waals surface area contributed by atoms with E-state index in [0.717, 1.165) is 12.2 Å². The fourth-order valence-corrected chi connectivity index (χ4v) is 4.36. The Morgan fingerprint density at radius 2 is 1.14 bits per heavy atom. The molecule has 2 aromatic rings. The molecular formula is C28H35O8P. The molecule has 0 atom stereocenters. The second kappa shape index (κ2) is 12.7. The van der Waals surface area contributed by atoms with Gasteiger partial charge in [-0.05, 0) is 76.6 Å². The van der Waals surface area contributed by atoms with E-state index in [1.807, 2.05) is 0 Å². The third kappa shape index (κ3) is 10.3. The van der Waals surface area contributed by atoms with Gasteiger partial charge in [0.2, 0.25) is 0 Å². The molecule has 0 spiro atoms. The van der Waals surface area contributed by atoms with Crippen molar-refractivity contribution in [2.45, 2.75) is 64.6 Å². The third-order valence-electron chi connectivity index (χ3n) is 5.45. The van der Waals surface area contributed by atoms with Crippen LogP contribution in [0.25, 0.3) is 0 Å². The molecule has 0 aromatic heterocycles. The lowest BCUT2D eigenvalue weighted by atomic mass is 9.98. The van der Waals surface area contributed by atoms with Crippen LogP contribution < -0.4 is 9.05 Å². The smallest absolute Gasteiger partial charge is 0.457 e. The first kappa shape index (κ1) is 29.9. The maximum atomic E-state index is 13.0. The number of carbonyl (C=O) groups is 2. The van der Waals surface area contributed by atoms with Gasteiger partial charge in [-0.25, -0.2) is 14.2 Å². The van der Waals surface area contributed by atoms with Crippen LogP contribution >= 0.6 is 7.82 Å². The molecule has 8 nitrogen and oxygen atoms in total. The summed E-state index contributed by atoms with van der Waals surface area (Å²) in [5, 5.41) is 0. The Bertz CT molecular complexity index is 1080. The van der Waals surface area contributed by atoms with E-state index < -0.39 is 31.0 Å². The van der Waals surface area contributed by atoms with Crippen molar-refractivity contribution in [3.63, 3.8) is 0 Å². The Morgan fingerprint density at radius 3 is 1.49 bits per heavy atom. The number of para-hydroxylation sites is 2. The van der Waals surface area contributed by atoms with E-state index in [1.54, 1.807) is 76.2 Å². The average molecular weight is 531 g/mol. The van der Waals surface area contributed by atoms with Crippen LogP contribution in [-0.2, 0) is 36.5 Å². The summed E-state index contributed by atoms with van der Waals surface area (Å²) in [5.41, 5.74) is -0.237. The number of benzene rings is 2. The molecule has 0 aliphatic heterocycles. The van der Waals surface area contributed by atoms with E-state index in [0.29, 0.717) is 36.8 Å². The molecule has 0 bridgehead atoms. The summed E-state index contributed by atoms with van der Waals surface area (Å²) in [4.78, 5) is 33.7. The molecular weight excluding hydrogens is 495 g/mol. The Hall–Kier alpha value is -3.35. The van der Waals surface area contributed by atoms with Crippen molar-refractivity contribution in [1.29, 1.82) is 0 Å². The summed E-state index contributed by atoms with van der Waals surface area (Å²) < 4.78 is 34.6. The van der Waals surface area contributed by atoms with Crippen molar-refractivity contribution >= 4 is 19.8 Å². The van der Waals surface area contributed by atoms with Crippen molar-refractivity contribution in [1.82, 2.24) is 0 Å². The van der Waals surface area contributed by atoms with E-state index >= 15 is 0 Å². The van der Waals surface area contributed by atoms with Crippen LogP contribution in [0.1, 0.15) is 51.7 Å². The van der Waals surface area contributed by atoms with Gasteiger partial charge in [0.1, 0.15) is 22.7 Å². The molecule has 0 unspecified atom stereocenters. The molecule has 1 N–H and O–H groups in total. The highest BCUT2D eigenvalue weighted by Gasteiger charge is 2.29. The van der Waals surface area contributed by atoms with Gasteiger partial charge in [0.05, 0.1) is 0 Å². The van der Waals surface area contributed by atoms with Crippen molar-refractivity contribution < 1.29 is 37.6 Å². The Labute approximate surface area is 218 Å². The van der Waals surface area contributed by atoms with Crippen LogP contribution in [0.5, 0.6) is 11.5 Å². The van der Waals surface area contributed by atoms with E-state index in [1.165, 1.54) is 0 Å². The number of rotatable bonds is 14. The molecule has 0 saturated carbocycles. The molecule has 2 aromatic carbocycles. The number of phosphoric acid groups is 1. The number of hydrogen-bond acceptors (Lipinski definition) is 7. The Morgan fingerprint density at radius 1 is 0.784 bits per heavy atom. The van der Waals surface area contributed by atoms with E-state index in [9.17, 15) is 19.0 Å². The van der Waals surface area contributed by atoms with E-state index in [-0.39, 0.29) is 11.5 Å². The third-order valence-corrected chi connectivity index (χ3v) is 6.31. The molecule has 9 heteroatoms. The SMILES string of the molecule is C=CC(=O)OC(C)(C)CCc1ccccc1OP(=O)(O)Oc1ccccc1CCC(C)(C)OC(=O)C=C. The highest BCUT2D eigenvalue weighted by atomic mass is 31.2. The minimum absolute atomic E-state index is 0.189. The van der Waals surface area contributed by atoms with E-state index in [2.05, 4.69) is 13.2 Å². The zero-order valence-electron chi connectivity index (χ0n) is 21.8. The Kier molecular flexibility index (Phi) is 10.3. The van der Waals surface area contributed by atoms with Gasteiger partial charge in [-0.15, -0.1) is 0 Å². The first-order valence-electron chi connectivity index (χ1n) is 11.8. The highest BCUT2D eigenvalue weighted by molar-refractivity contribution is 7.48. The van der Waals surface area contributed by atoms with Gasteiger partial charge < -0.3 is 18.5 Å². The lowest BCUT2D eigenvalue weighted by Gasteiger charge is -2.25. The van der Waals surface area contributed by atoms with Gasteiger partial charge in [0.25, 0.3) is 0 Å². The number of ether oxygens (including phenoxy) is 2. The predicted octanol–water partition coefficient (Wildman–Crippen LogP) is 6.13. The lowest BCUT2D eigenvalue weighted by Crippen LogP contribution is -2.28. The predicted molar refractivity (Wildman–Crippen MR) is 141 cm³/mol. The number of hydrogen-bond donors (Lipinski definition) is 1. The number of esters is 2. The van der Waals surface area contributed by atoms with Crippen molar-refractivity contribution in [2.75, 3.05) is 0 Å². The normalized spacial score (nSPS) is 11.8. The topological polar surface area (TPSA) is 108 Å². The zero-order valence-corrected chi connectivity index (χ0v) is 22.7. The van der Waals surface area contributed by atoms with Crippen LogP contribution in [0.15, 0.2) is 73.8 Å². The second-order valence-corrected chi connectivity index (χ2v) is 10.9. The monoisotopic (exact) mass is 530 g/mol. The highest BCUT2D eigenvalue weighted by Crippen LogP contribution is 2.46. The van der Waals surface area contributed by atoms with Crippen LogP contribution in [0, 0.1) is 0 Å². The van der Waals surface area contributed by atoms with Gasteiger partial charge in [0, 0.05) is 12.2 Å². The summed E-state index contributed by atoms with van der Waals surface area (Å²) in [5.74, 6) is -0.671. The molecule has 0 fully saturated rings. The maximum absolute atomic E-state index is 13.0. The fourth-order valence-electron chi connectivity index (χ4n) is 3.47. The average Bonchev–Trinajstić information content (AvgIpc) is 2.82. The summed E-state index contributed by atoms with van der Waals surface area (Å²) in [6.07, 6.45) is 3.93. The van der Waals surface area contributed by atoms with Crippen molar-refractivity contribution in [3.8, 4) is 11.5 Å². The van der Waals surface area contributed by atoms with Crippen LogP contribution in [0.2, 0.25) is 0 Å². The lowest BCUT2D eigenvalue weighted by molar-refractivity contribution is -0.151. The molecule has 0 heterocycles. The van der Waals surface area contributed by atoms with Crippen molar-refractivity contribution in [3.05, 3.63) is 85.0 Å². The Balaban J connectivity index is 2.12. The molecule has 0 saturated heterocycles. The molecule has 37 heavy (non-hydrogen) atoms. The minimum atomic E-state index is -4.57. The first-order chi connectivity index (χ1) is 17.3. The summed E-state index contributed by atoms with van der Waals surface area (Å²) in [6, 6.07) is 13.6. The zero-order chi connectivity index (χ0) is 27.7. The van der Waals surface area contributed by atoms with Gasteiger partial charge in [-0.2, -0.15) is 0 Å². The molecule has 0 radical (unpaired) electrons. The fraction of sp³-hybridized carbons (Fsp3) is 0.357. The minimum Gasteiger partial charge on any atom is -0.457 e. The van der Waals surface area contributed by atoms with Crippen LogP contribution in [0.4, 0.5) is 0 Å². The molecule has 0 aliphatic carbocycles. The van der Waals surface area contributed by atoms with Crippen molar-refractivity contribution in [2.24, 2.45) is 0 Å².